The van der Waals surface area contributed by atoms with Crippen LogP contribution in [0.15, 0.2) is 48.9 Å². The number of carbonyl (C=O) groups excluding carboxylic acids is 1. The van der Waals surface area contributed by atoms with Gasteiger partial charge in [0.2, 0.25) is 0 Å². The van der Waals surface area contributed by atoms with Crippen LogP contribution in [0.1, 0.15) is 35.7 Å². The van der Waals surface area contributed by atoms with Gasteiger partial charge in [-0.15, -0.1) is 0 Å². The maximum absolute atomic E-state index is 13.0. The third kappa shape index (κ3) is 4.13. The highest BCUT2D eigenvalue weighted by Gasteiger charge is 2.21. The lowest BCUT2D eigenvalue weighted by Gasteiger charge is -2.25. The number of aliphatic hydroxyl groups excluding tert-OH is 1. The summed E-state index contributed by atoms with van der Waals surface area (Å²) in [5.74, 6) is -0.374. The first kappa shape index (κ1) is 19.9. The van der Waals surface area contributed by atoms with E-state index in [1.807, 2.05) is 25.1 Å². The van der Waals surface area contributed by atoms with E-state index in [-0.39, 0.29) is 17.7 Å². The number of nitrogens with one attached hydrogen (secondary N) is 2. The Balaban J connectivity index is 1.64. The zero-order chi connectivity index (χ0) is 20.9. The number of ether oxygens (including phenoxy) is 1. The number of carbonyl (C=O) groups is 1. The van der Waals surface area contributed by atoms with Crippen molar-refractivity contribution in [3.63, 3.8) is 0 Å². The van der Waals surface area contributed by atoms with Crippen molar-refractivity contribution in [1.29, 1.82) is 0 Å². The zero-order valence-electron chi connectivity index (χ0n) is 16.8. The Labute approximate surface area is 174 Å². The molecule has 1 fully saturated rings. The summed E-state index contributed by atoms with van der Waals surface area (Å²) in [6.07, 6.45) is 6.32. The summed E-state index contributed by atoms with van der Waals surface area (Å²) < 4.78 is 7.25. The van der Waals surface area contributed by atoms with Gasteiger partial charge in [-0.25, -0.2) is 9.67 Å². The van der Waals surface area contributed by atoms with E-state index in [9.17, 15) is 9.90 Å². The molecule has 1 aliphatic heterocycles. The molecule has 8 heteroatoms. The summed E-state index contributed by atoms with van der Waals surface area (Å²) in [6.45, 7) is 4.06. The molecule has 3 aromatic rings. The molecule has 1 aliphatic rings. The molecule has 8 nitrogen and oxygen atoms in total. The van der Waals surface area contributed by atoms with Crippen LogP contribution in [0.2, 0.25) is 0 Å². The van der Waals surface area contributed by atoms with Crippen LogP contribution in [0.25, 0.3) is 16.8 Å². The molecule has 156 valence electrons. The zero-order valence-corrected chi connectivity index (χ0v) is 16.8. The smallest absolute Gasteiger partial charge is 0.259 e. The lowest BCUT2D eigenvalue weighted by molar-refractivity contribution is 0.0904. The topological polar surface area (TPSA) is 101 Å². The summed E-state index contributed by atoms with van der Waals surface area (Å²) in [6, 6.07) is 9.24. The van der Waals surface area contributed by atoms with Gasteiger partial charge in [-0.05, 0) is 19.8 Å². The molecule has 1 amide bonds. The van der Waals surface area contributed by atoms with Crippen LogP contribution >= 0.6 is 0 Å². The highest BCUT2D eigenvalue weighted by Crippen LogP contribution is 2.28. The van der Waals surface area contributed by atoms with Gasteiger partial charge >= 0.3 is 0 Å². The second-order valence-corrected chi connectivity index (χ2v) is 7.14. The first-order valence-electron chi connectivity index (χ1n) is 10.1. The van der Waals surface area contributed by atoms with Crippen LogP contribution in [0, 0.1) is 0 Å². The van der Waals surface area contributed by atoms with Gasteiger partial charge < -0.3 is 20.5 Å². The molecular formula is C22H25N5O3. The van der Waals surface area contributed by atoms with E-state index in [1.54, 1.807) is 29.2 Å². The molecule has 1 aromatic carbocycles. The highest BCUT2D eigenvalue weighted by atomic mass is 16.5. The molecule has 30 heavy (non-hydrogen) atoms. The van der Waals surface area contributed by atoms with Crippen molar-refractivity contribution in [2.45, 2.75) is 32.4 Å². The Hall–Kier alpha value is -3.39. The maximum atomic E-state index is 13.0. The fourth-order valence-corrected chi connectivity index (χ4v) is 3.54. The van der Waals surface area contributed by atoms with Gasteiger partial charge in [0, 0.05) is 43.8 Å². The van der Waals surface area contributed by atoms with E-state index < -0.39 is 0 Å². The standard InChI is InChI=1S/C22H25N5O3/c1-2-27-21-17(13-25-27)20(26-16-8-10-30-11-9-16)18(12-23-21)22(29)24-14-19(28)15-6-4-3-5-7-15/h3-7,12-14,16,28H,2,8-11H2,1H3,(H,23,26)(H,24,29)/b19-14-. The second kappa shape index (κ2) is 8.96. The number of benzene rings is 1. The molecule has 3 heterocycles. The van der Waals surface area contributed by atoms with Crippen molar-refractivity contribution in [3.05, 3.63) is 60.1 Å². The van der Waals surface area contributed by atoms with E-state index in [0.717, 1.165) is 23.9 Å². The molecule has 3 N–H and O–H groups in total. The molecule has 2 aromatic heterocycles. The number of aliphatic hydroxyl groups is 1. The van der Waals surface area contributed by atoms with Crippen molar-refractivity contribution in [1.82, 2.24) is 20.1 Å². The number of rotatable bonds is 6. The monoisotopic (exact) mass is 407 g/mol. The van der Waals surface area contributed by atoms with Crippen LogP contribution in [0.5, 0.6) is 0 Å². The SMILES string of the molecule is CCn1ncc2c(NC3CCOCC3)c(C(=O)N/C=C(\O)c3ccccc3)cnc21. The van der Waals surface area contributed by atoms with Gasteiger partial charge in [-0.3, -0.25) is 4.79 Å². The molecular weight excluding hydrogens is 382 g/mol. The number of amides is 1. The van der Waals surface area contributed by atoms with Gasteiger partial charge in [0.1, 0.15) is 5.76 Å². The normalized spacial score (nSPS) is 15.3. The van der Waals surface area contributed by atoms with Gasteiger partial charge in [0.05, 0.1) is 22.8 Å². The van der Waals surface area contributed by atoms with E-state index in [1.165, 1.54) is 6.20 Å². The van der Waals surface area contributed by atoms with E-state index in [0.29, 0.717) is 36.6 Å². The molecule has 4 rings (SSSR count). The number of aromatic nitrogens is 3. The minimum atomic E-state index is -0.356. The predicted molar refractivity (Wildman–Crippen MR) is 115 cm³/mol. The van der Waals surface area contributed by atoms with Gasteiger partial charge in [0.15, 0.2) is 5.65 Å². The first-order valence-corrected chi connectivity index (χ1v) is 10.1. The number of nitrogens with zero attached hydrogens (tertiary/aromatic N) is 3. The van der Waals surface area contributed by atoms with Crippen LogP contribution in [-0.2, 0) is 11.3 Å². The number of aryl methyl sites for hydroxylation is 1. The lowest BCUT2D eigenvalue weighted by Crippen LogP contribution is -2.29. The van der Waals surface area contributed by atoms with Crippen LogP contribution in [0.3, 0.4) is 0 Å². The van der Waals surface area contributed by atoms with E-state index in [2.05, 4.69) is 20.7 Å². The second-order valence-electron chi connectivity index (χ2n) is 7.14. The Morgan fingerprint density at radius 1 is 1.27 bits per heavy atom. The van der Waals surface area contributed by atoms with Crippen LogP contribution in [-0.4, -0.2) is 45.0 Å². The lowest BCUT2D eigenvalue weighted by atomic mass is 10.1. The van der Waals surface area contributed by atoms with Crippen molar-refractivity contribution in [3.8, 4) is 0 Å². The average Bonchev–Trinajstić information content (AvgIpc) is 3.22. The first-order chi connectivity index (χ1) is 14.7. The van der Waals surface area contributed by atoms with Crippen molar-refractivity contribution >= 4 is 28.4 Å². The van der Waals surface area contributed by atoms with Crippen LogP contribution in [0.4, 0.5) is 5.69 Å². The van der Waals surface area contributed by atoms with Gasteiger partial charge in [-0.2, -0.15) is 5.10 Å². The third-order valence-corrected chi connectivity index (χ3v) is 5.19. The molecule has 0 bridgehead atoms. The molecule has 1 saturated heterocycles. The van der Waals surface area contributed by atoms with E-state index >= 15 is 0 Å². The molecule has 0 atom stereocenters. The van der Waals surface area contributed by atoms with Gasteiger partial charge in [0.25, 0.3) is 5.91 Å². The Morgan fingerprint density at radius 2 is 2.03 bits per heavy atom. The maximum Gasteiger partial charge on any atom is 0.259 e. The minimum Gasteiger partial charge on any atom is -0.506 e. The predicted octanol–water partition coefficient (Wildman–Crippen LogP) is 3.33. The number of hydrogen-bond donors (Lipinski definition) is 3. The van der Waals surface area contributed by atoms with Gasteiger partial charge in [-0.1, -0.05) is 30.3 Å². The highest BCUT2D eigenvalue weighted by molar-refractivity contribution is 6.07. The Bertz CT molecular complexity index is 1060. The minimum absolute atomic E-state index is 0.0178. The Morgan fingerprint density at radius 3 is 2.77 bits per heavy atom. The summed E-state index contributed by atoms with van der Waals surface area (Å²) in [5, 5.41) is 21.6. The number of anilines is 1. The average molecular weight is 407 g/mol. The number of fused-ring (bicyclic) bond motifs is 1. The quantitative estimate of drug-likeness (QED) is 0.542. The van der Waals surface area contributed by atoms with Crippen LogP contribution < -0.4 is 10.6 Å². The fourth-order valence-electron chi connectivity index (χ4n) is 3.54. The molecule has 0 aliphatic carbocycles. The van der Waals surface area contributed by atoms with Crippen molar-refractivity contribution < 1.29 is 14.6 Å². The third-order valence-electron chi connectivity index (χ3n) is 5.19. The summed E-state index contributed by atoms with van der Waals surface area (Å²) in [5.41, 5.74) is 2.46. The number of hydrogen-bond acceptors (Lipinski definition) is 6. The summed E-state index contributed by atoms with van der Waals surface area (Å²) in [7, 11) is 0. The van der Waals surface area contributed by atoms with E-state index in [4.69, 9.17) is 4.74 Å². The van der Waals surface area contributed by atoms with Crippen molar-refractivity contribution in [2.24, 2.45) is 0 Å². The molecule has 0 radical (unpaired) electrons. The Kier molecular flexibility index (Phi) is 5.94. The molecule has 0 spiro atoms. The summed E-state index contributed by atoms with van der Waals surface area (Å²) >= 11 is 0. The fraction of sp³-hybridized carbons (Fsp3) is 0.318. The molecule has 0 unspecified atom stereocenters. The van der Waals surface area contributed by atoms with Crippen molar-refractivity contribution in [2.75, 3.05) is 18.5 Å². The summed E-state index contributed by atoms with van der Waals surface area (Å²) in [4.78, 5) is 17.4. The largest absolute Gasteiger partial charge is 0.506 e. The molecule has 0 saturated carbocycles. The number of pyridine rings is 1.